The van der Waals surface area contributed by atoms with Crippen molar-refractivity contribution in [2.24, 2.45) is 7.05 Å². The zero-order valence-electron chi connectivity index (χ0n) is 13.8. The molecule has 1 aromatic carbocycles. The number of benzene rings is 1. The van der Waals surface area contributed by atoms with Crippen LogP contribution in [0.25, 0.3) is 0 Å². The molecule has 3 rings (SSSR count). The molecule has 0 saturated heterocycles. The van der Waals surface area contributed by atoms with Crippen LogP contribution in [-0.4, -0.2) is 36.5 Å². The van der Waals surface area contributed by atoms with Crippen LogP contribution in [0.4, 0.5) is 5.82 Å². The Morgan fingerprint density at radius 1 is 1.36 bits per heavy atom. The van der Waals surface area contributed by atoms with E-state index < -0.39 is 0 Å². The van der Waals surface area contributed by atoms with Gasteiger partial charge in [0.05, 0.1) is 5.69 Å². The Morgan fingerprint density at radius 3 is 2.91 bits per heavy atom. The van der Waals surface area contributed by atoms with Gasteiger partial charge in [-0.05, 0) is 25.0 Å². The maximum Gasteiger partial charge on any atom is 0.130 e. The van der Waals surface area contributed by atoms with Crippen molar-refractivity contribution < 1.29 is 4.74 Å². The van der Waals surface area contributed by atoms with E-state index >= 15 is 0 Å². The Bertz CT molecular complexity index is 663. The Balaban J connectivity index is 1.69. The zero-order chi connectivity index (χ0) is 15.7. The number of rotatable bonds is 4. The molecule has 0 spiro atoms. The molecule has 2 heterocycles. The van der Waals surface area contributed by atoms with Gasteiger partial charge < -0.3 is 15.0 Å². The number of aryl methyl sites for hydroxylation is 2. The number of anilines is 1. The van der Waals surface area contributed by atoms with Crippen molar-refractivity contribution in [3.8, 4) is 5.75 Å². The fourth-order valence-electron chi connectivity index (χ4n) is 3.16. The molecule has 0 fully saturated rings. The molecule has 1 aromatic heterocycles. The van der Waals surface area contributed by atoms with Crippen molar-refractivity contribution in [3.63, 3.8) is 0 Å². The van der Waals surface area contributed by atoms with Crippen LogP contribution in [0.15, 0.2) is 24.3 Å². The highest BCUT2D eigenvalue weighted by molar-refractivity contribution is 5.49. The minimum atomic E-state index is 0.338. The predicted molar refractivity (Wildman–Crippen MR) is 88.5 cm³/mol. The summed E-state index contributed by atoms with van der Waals surface area (Å²) in [5.74, 6) is 2.18. The maximum atomic E-state index is 5.84. The molecule has 0 radical (unpaired) electrons. The second-order valence-electron chi connectivity index (χ2n) is 6.11. The third-order valence-electron chi connectivity index (χ3n) is 4.18. The van der Waals surface area contributed by atoms with Crippen LogP contribution in [0.1, 0.15) is 16.8 Å². The van der Waals surface area contributed by atoms with Crippen LogP contribution < -0.4 is 15.0 Å². The molecule has 0 aliphatic carbocycles. The average molecular weight is 300 g/mol. The molecular weight excluding hydrogens is 276 g/mol. The van der Waals surface area contributed by atoms with Crippen LogP contribution in [0, 0.1) is 6.92 Å². The summed E-state index contributed by atoms with van der Waals surface area (Å²) in [6, 6.07) is 8.61. The van der Waals surface area contributed by atoms with Crippen molar-refractivity contribution in [1.29, 1.82) is 0 Å². The summed E-state index contributed by atoms with van der Waals surface area (Å²) in [4.78, 5) is 2.11. The molecule has 1 aliphatic rings. The molecule has 118 valence electrons. The Labute approximate surface area is 131 Å². The lowest BCUT2D eigenvalue weighted by molar-refractivity contribution is 0.238. The lowest BCUT2D eigenvalue weighted by Gasteiger charge is -2.26. The van der Waals surface area contributed by atoms with Crippen LogP contribution in [-0.2, 0) is 20.0 Å². The van der Waals surface area contributed by atoms with E-state index in [1.54, 1.807) is 0 Å². The lowest BCUT2D eigenvalue weighted by Crippen LogP contribution is -2.39. The summed E-state index contributed by atoms with van der Waals surface area (Å²) in [5.41, 5.74) is 3.61. The SMILES string of the molecule is Cc1nn(C)c(N(C)C)c1CNC1COc2ccccc2C1. The largest absolute Gasteiger partial charge is 0.492 e. The summed E-state index contributed by atoms with van der Waals surface area (Å²) >= 11 is 0. The molecule has 1 N–H and O–H groups in total. The highest BCUT2D eigenvalue weighted by Gasteiger charge is 2.21. The minimum absolute atomic E-state index is 0.338. The number of para-hydroxylation sites is 1. The number of nitrogens with one attached hydrogen (secondary N) is 1. The smallest absolute Gasteiger partial charge is 0.130 e. The summed E-state index contributed by atoms with van der Waals surface area (Å²) < 4.78 is 7.79. The van der Waals surface area contributed by atoms with Gasteiger partial charge in [0.15, 0.2) is 0 Å². The molecule has 0 saturated carbocycles. The summed E-state index contributed by atoms with van der Waals surface area (Å²) in [6.45, 7) is 3.59. The molecule has 1 aliphatic heterocycles. The van der Waals surface area contributed by atoms with Crippen molar-refractivity contribution in [2.45, 2.75) is 25.9 Å². The third-order valence-corrected chi connectivity index (χ3v) is 4.18. The monoisotopic (exact) mass is 300 g/mol. The van der Waals surface area contributed by atoms with Gasteiger partial charge in [-0.15, -0.1) is 0 Å². The fraction of sp³-hybridized carbons (Fsp3) is 0.471. The molecule has 22 heavy (non-hydrogen) atoms. The standard InChI is InChI=1S/C17H24N4O/c1-12-15(17(20(2)3)21(4)19-12)10-18-14-9-13-7-5-6-8-16(13)22-11-14/h5-8,14,18H,9-11H2,1-4H3. The Kier molecular flexibility index (Phi) is 4.07. The molecule has 1 unspecified atom stereocenters. The van der Waals surface area contributed by atoms with Crippen LogP contribution in [0.3, 0.4) is 0 Å². The first-order valence-corrected chi connectivity index (χ1v) is 7.70. The number of fused-ring (bicyclic) bond motifs is 1. The van der Waals surface area contributed by atoms with Crippen LogP contribution >= 0.6 is 0 Å². The predicted octanol–water partition coefficient (Wildman–Crippen LogP) is 1.89. The zero-order valence-corrected chi connectivity index (χ0v) is 13.8. The molecule has 5 nitrogen and oxygen atoms in total. The van der Waals surface area contributed by atoms with Crippen molar-refractivity contribution in [3.05, 3.63) is 41.1 Å². The fourth-order valence-corrected chi connectivity index (χ4v) is 3.16. The number of nitrogens with zero attached hydrogens (tertiary/aromatic N) is 3. The van der Waals surface area contributed by atoms with E-state index in [2.05, 4.69) is 48.5 Å². The highest BCUT2D eigenvalue weighted by atomic mass is 16.5. The first kappa shape index (κ1) is 14.9. The average Bonchev–Trinajstić information content (AvgIpc) is 2.78. The number of ether oxygens (including phenoxy) is 1. The van der Waals surface area contributed by atoms with Gasteiger partial charge in [0.2, 0.25) is 0 Å². The van der Waals surface area contributed by atoms with Gasteiger partial charge in [-0.25, -0.2) is 0 Å². The normalized spacial score (nSPS) is 17.0. The molecule has 2 aromatic rings. The molecule has 0 bridgehead atoms. The van der Waals surface area contributed by atoms with E-state index in [-0.39, 0.29) is 0 Å². The number of aromatic nitrogens is 2. The lowest BCUT2D eigenvalue weighted by atomic mass is 10.0. The Hall–Kier alpha value is -2.01. The molecular formula is C17H24N4O. The van der Waals surface area contributed by atoms with E-state index in [0.29, 0.717) is 12.6 Å². The van der Waals surface area contributed by atoms with Gasteiger partial charge in [0.1, 0.15) is 18.2 Å². The number of hydrogen-bond acceptors (Lipinski definition) is 4. The van der Waals surface area contributed by atoms with E-state index in [4.69, 9.17) is 4.74 Å². The van der Waals surface area contributed by atoms with Crippen molar-refractivity contribution in [1.82, 2.24) is 15.1 Å². The first-order valence-electron chi connectivity index (χ1n) is 7.70. The van der Waals surface area contributed by atoms with E-state index in [1.165, 1.54) is 11.1 Å². The van der Waals surface area contributed by atoms with Crippen LogP contribution in [0.2, 0.25) is 0 Å². The van der Waals surface area contributed by atoms with Gasteiger partial charge >= 0.3 is 0 Å². The first-order chi connectivity index (χ1) is 10.6. The number of hydrogen-bond donors (Lipinski definition) is 1. The van der Waals surface area contributed by atoms with Gasteiger partial charge in [-0.2, -0.15) is 5.10 Å². The summed E-state index contributed by atoms with van der Waals surface area (Å²) in [5, 5.41) is 8.16. The van der Waals surface area contributed by atoms with Crippen LogP contribution in [0.5, 0.6) is 5.75 Å². The highest BCUT2D eigenvalue weighted by Crippen LogP contribution is 2.25. The van der Waals surface area contributed by atoms with E-state index in [9.17, 15) is 0 Å². The topological polar surface area (TPSA) is 42.3 Å². The van der Waals surface area contributed by atoms with Gasteiger partial charge in [-0.3, -0.25) is 4.68 Å². The quantitative estimate of drug-likeness (QED) is 0.936. The Morgan fingerprint density at radius 2 is 2.14 bits per heavy atom. The van der Waals surface area contributed by atoms with Gasteiger partial charge in [-0.1, -0.05) is 18.2 Å². The van der Waals surface area contributed by atoms with Gasteiger partial charge in [0, 0.05) is 39.3 Å². The second kappa shape index (κ2) is 6.01. The third kappa shape index (κ3) is 2.81. The van der Waals surface area contributed by atoms with E-state index in [0.717, 1.165) is 30.2 Å². The van der Waals surface area contributed by atoms with Crippen molar-refractivity contribution >= 4 is 5.82 Å². The maximum absolute atomic E-state index is 5.84. The minimum Gasteiger partial charge on any atom is -0.492 e. The summed E-state index contributed by atoms with van der Waals surface area (Å²) in [6.07, 6.45) is 1.01. The molecule has 1 atom stereocenters. The summed E-state index contributed by atoms with van der Waals surface area (Å²) in [7, 11) is 6.10. The second-order valence-corrected chi connectivity index (χ2v) is 6.11. The molecule has 0 amide bonds. The molecule has 5 heteroatoms. The van der Waals surface area contributed by atoms with Gasteiger partial charge in [0.25, 0.3) is 0 Å². The van der Waals surface area contributed by atoms with Crippen molar-refractivity contribution in [2.75, 3.05) is 25.6 Å². The van der Waals surface area contributed by atoms with E-state index in [1.807, 2.05) is 23.9 Å².